The van der Waals surface area contributed by atoms with E-state index in [0.29, 0.717) is 17.9 Å². The molecule has 2 aromatic rings. The third-order valence-corrected chi connectivity index (χ3v) is 3.81. The molecule has 20 heavy (non-hydrogen) atoms. The lowest BCUT2D eigenvalue weighted by Crippen LogP contribution is -2.02. The monoisotopic (exact) mass is 268 g/mol. The summed E-state index contributed by atoms with van der Waals surface area (Å²) in [4.78, 5) is 0. The maximum absolute atomic E-state index is 10.2. The molecule has 0 aliphatic rings. The van der Waals surface area contributed by atoms with Crippen molar-refractivity contribution in [1.82, 2.24) is 0 Å². The molecule has 0 aliphatic heterocycles. The molecule has 104 valence electrons. The predicted octanol–water partition coefficient (Wildman–Crippen LogP) is 4.23. The van der Waals surface area contributed by atoms with Gasteiger partial charge in [0.1, 0.15) is 11.5 Å². The fourth-order valence-electron chi connectivity index (χ4n) is 2.43. The van der Waals surface area contributed by atoms with E-state index in [2.05, 4.69) is 6.58 Å². The van der Waals surface area contributed by atoms with E-state index in [9.17, 15) is 10.2 Å². The summed E-state index contributed by atoms with van der Waals surface area (Å²) >= 11 is 0. The first kappa shape index (κ1) is 14.2. The molecule has 0 radical (unpaired) electrons. The van der Waals surface area contributed by atoms with Gasteiger partial charge in [0.15, 0.2) is 0 Å². The molecule has 2 aromatic carbocycles. The van der Waals surface area contributed by atoms with E-state index in [-0.39, 0.29) is 5.92 Å². The summed E-state index contributed by atoms with van der Waals surface area (Å²) in [5.41, 5.74) is 3.69. The summed E-state index contributed by atoms with van der Waals surface area (Å²) in [6.07, 6.45) is 2.55. The average molecular weight is 268 g/mol. The van der Waals surface area contributed by atoms with E-state index in [4.69, 9.17) is 0 Å². The number of aryl methyl sites for hydroxylation is 1. The lowest BCUT2D eigenvalue weighted by atomic mass is 9.88. The van der Waals surface area contributed by atoms with Crippen molar-refractivity contribution < 1.29 is 10.2 Å². The number of para-hydroxylation sites is 1. The Morgan fingerprint density at radius 3 is 2.50 bits per heavy atom. The predicted molar refractivity (Wildman–Crippen MR) is 82.3 cm³/mol. The standard InChI is InChI=1S/C18H20O2/c1-4-14(16-9-5-7-12(2)18(16)20)11-15-8-6-10-17(19)13(15)3/h4-10,14,19-20H,1,11H2,2-3H3. The summed E-state index contributed by atoms with van der Waals surface area (Å²) in [6.45, 7) is 7.67. The van der Waals surface area contributed by atoms with Gasteiger partial charge in [0.25, 0.3) is 0 Å². The maximum Gasteiger partial charge on any atom is 0.122 e. The first-order chi connectivity index (χ1) is 9.54. The molecule has 1 unspecified atom stereocenters. The normalized spacial score (nSPS) is 12.1. The Morgan fingerprint density at radius 1 is 1.10 bits per heavy atom. The summed E-state index contributed by atoms with van der Waals surface area (Å²) in [6, 6.07) is 11.3. The van der Waals surface area contributed by atoms with Gasteiger partial charge in [0, 0.05) is 11.5 Å². The highest BCUT2D eigenvalue weighted by Gasteiger charge is 2.15. The van der Waals surface area contributed by atoms with Crippen LogP contribution < -0.4 is 0 Å². The van der Waals surface area contributed by atoms with Crippen molar-refractivity contribution in [2.75, 3.05) is 0 Å². The minimum absolute atomic E-state index is 0.0235. The van der Waals surface area contributed by atoms with Crippen LogP contribution in [0.4, 0.5) is 0 Å². The van der Waals surface area contributed by atoms with Crippen LogP contribution in [-0.2, 0) is 6.42 Å². The molecule has 0 saturated heterocycles. The van der Waals surface area contributed by atoms with Gasteiger partial charge >= 0.3 is 0 Å². The SMILES string of the molecule is C=CC(Cc1cccc(O)c1C)c1cccc(C)c1O. The van der Waals surface area contributed by atoms with Crippen LogP contribution >= 0.6 is 0 Å². The van der Waals surface area contributed by atoms with E-state index in [1.54, 1.807) is 6.07 Å². The number of allylic oxidation sites excluding steroid dienone is 1. The summed E-state index contributed by atoms with van der Waals surface area (Å²) in [7, 11) is 0. The van der Waals surface area contributed by atoms with E-state index in [0.717, 1.165) is 22.3 Å². The molecule has 0 amide bonds. The van der Waals surface area contributed by atoms with Crippen molar-refractivity contribution in [3.63, 3.8) is 0 Å². The van der Waals surface area contributed by atoms with Crippen LogP contribution in [0.25, 0.3) is 0 Å². The number of hydrogen-bond donors (Lipinski definition) is 2. The van der Waals surface area contributed by atoms with Gasteiger partial charge in [-0.15, -0.1) is 6.58 Å². The van der Waals surface area contributed by atoms with Gasteiger partial charge in [-0.2, -0.15) is 0 Å². The van der Waals surface area contributed by atoms with Crippen LogP contribution in [0, 0.1) is 13.8 Å². The molecule has 2 N–H and O–H groups in total. The van der Waals surface area contributed by atoms with Crippen LogP contribution in [0.15, 0.2) is 49.1 Å². The fourth-order valence-corrected chi connectivity index (χ4v) is 2.43. The van der Waals surface area contributed by atoms with Crippen LogP contribution in [-0.4, -0.2) is 10.2 Å². The van der Waals surface area contributed by atoms with Crippen molar-refractivity contribution in [2.45, 2.75) is 26.2 Å². The molecule has 0 spiro atoms. The first-order valence-electron chi connectivity index (χ1n) is 6.73. The Hall–Kier alpha value is -2.22. The van der Waals surface area contributed by atoms with Gasteiger partial charge in [-0.1, -0.05) is 36.4 Å². The number of phenolic OH excluding ortho intramolecular Hbond substituents is 2. The van der Waals surface area contributed by atoms with Crippen molar-refractivity contribution in [1.29, 1.82) is 0 Å². The lowest BCUT2D eigenvalue weighted by Gasteiger charge is -2.17. The summed E-state index contributed by atoms with van der Waals surface area (Å²) < 4.78 is 0. The largest absolute Gasteiger partial charge is 0.508 e. The second kappa shape index (κ2) is 5.83. The molecule has 0 saturated carbocycles. The number of phenols is 2. The molecule has 2 nitrogen and oxygen atoms in total. The average Bonchev–Trinajstić information content (AvgIpc) is 2.44. The molecule has 2 rings (SSSR count). The van der Waals surface area contributed by atoms with Crippen LogP contribution in [0.5, 0.6) is 11.5 Å². The molecule has 0 aromatic heterocycles. The van der Waals surface area contributed by atoms with Crippen LogP contribution in [0.2, 0.25) is 0 Å². The molecule has 0 aliphatic carbocycles. The van der Waals surface area contributed by atoms with Crippen LogP contribution in [0.1, 0.15) is 28.2 Å². The van der Waals surface area contributed by atoms with E-state index in [1.165, 1.54) is 0 Å². The van der Waals surface area contributed by atoms with Gasteiger partial charge in [-0.25, -0.2) is 0 Å². The zero-order valence-corrected chi connectivity index (χ0v) is 11.9. The third kappa shape index (κ3) is 2.69. The zero-order chi connectivity index (χ0) is 14.7. The highest BCUT2D eigenvalue weighted by molar-refractivity contribution is 5.45. The number of aromatic hydroxyl groups is 2. The smallest absolute Gasteiger partial charge is 0.122 e. The molecular formula is C18H20O2. The quantitative estimate of drug-likeness (QED) is 0.815. The Labute approximate surface area is 120 Å². The van der Waals surface area contributed by atoms with Gasteiger partial charge in [-0.05, 0) is 43.0 Å². The molecule has 0 fully saturated rings. The molecule has 2 heteroatoms. The number of benzene rings is 2. The van der Waals surface area contributed by atoms with Crippen LogP contribution in [0.3, 0.4) is 0 Å². The molecule has 1 atom stereocenters. The van der Waals surface area contributed by atoms with Crippen molar-refractivity contribution in [3.05, 3.63) is 71.3 Å². The van der Waals surface area contributed by atoms with Crippen molar-refractivity contribution >= 4 is 0 Å². The second-order valence-electron chi connectivity index (χ2n) is 5.12. The Bertz CT molecular complexity index is 629. The molecule has 0 bridgehead atoms. The minimum atomic E-state index is 0.0235. The number of rotatable bonds is 4. The molecule has 0 heterocycles. The Morgan fingerprint density at radius 2 is 1.80 bits per heavy atom. The summed E-state index contributed by atoms with van der Waals surface area (Å²) in [5.74, 6) is 0.657. The molecular weight excluding hydrogens is 248 g/mol. The second-order valence-corrected chi connectivity index (χ2v) is 5.12. The Balaban J connectivity index is 2.36. The highest BCUT2D eigenvalue weighted by Crippen LogP contribution is 2.33. The fraction of sp³-hybridized carbons (Fsp3) is 0.222. The Kier molecular flexibility index (Phi) is 4.14. The maximum atomic E-state index is 10.2. The first-order valence-corrected chi connectivity index (χ1v) is 6.73. The highest BCUT2D eigenvalue weighted by atomic mass is 16.3. The van der Waals surface area contributed by atoms with Gasteiger partial charge in [-0.3, -0.25) is 0 Å². The third-order valence-electron chi connectivity index (χ3n) is 3.81. The summed E-state index contributed by atoms with van der Waals surface area (Å²) in [5, 5.41) is 20.0. The zero-order valence-electron chi connectivity index (χ0n) is 11.9. The van der Waals surface area contributed by atoms with Gasteiger partial charge in [0.2, 0.25) is 0 Å². The van der Waals surface area contributed by atoms with E-state index < -0.39 is 0 Å². The lowest BCUT2D eigenvalue weighted by molar-refractivity contribution is 0.460. The van der Waals surface area contributed by atoms with Crippen molar-refractivity contribution in [3.8, 4) is 11.5 Å². The van der Waals surface area contributed by atoms with E-state index in [1.807, 2.05) is 50.3 Å². The topological polar surface area (TPSA) is 40.5 Å². The van der Waals surface area contributed by atoms with Gasteiger partial charge < -0.3 is 10.2 Å². The van der Waals surface area contributed by atoms with Crippen molar-refractivity contribution in [2.24, 2.45) is 0 Å². The minimum Gasteiger partial charge on any atom is -0.508 e. The number of hydrogen-bond acceptors (Lipinski definition) is 2. The van der Waals surface area contributed by atoms with Gasteiger partial charge in [0.05, 0.1) is 0 Å². The van der Waals surface area contributed by atoms with E-state index >= 15 is 0 Å².